The molecule has 0 aromatic heterocycles. The fourth-order valence-corrected chi connectivity index (χ4v) is 3.66. The minimum Gasteiger partial charge on any atom is -0.493 e. The van der Waals surface area contributed by atoms with Crippen LogP contribution in [-0.2, 0) is 0 Å². The van der Waals surface area contributed by atoms with Gasteiger partial charge in [-0.05, 0) is 44.7 Å². The quantitative estimate of drug-likeness (QED) is 0.769. The van der Waals surface area contributed by atoms with Crippen LogP contribution in [0.4, 0.5) is 13.2 Å². The van der Waals surface area contributed by atoms with Crippen molar-refractivity contribution < 1.29 is 17.9 Å². The molecule has 0 amide bonds. The van der Waals surface area contributed by atoms with E-state index in [0.29, 0.717) is 31.4 Å². The van der Waals surface area contributed by atoms with Crippen molar-refractivity contribution in [2.24, 2.45) is 10.8 Å². The van der Waals surface area contributed by atoms with Gasteiger partial charge in [-0.3, -0.25) is 0 Å². The third kappa shape index (κ3) is 2.14. The highest BCUT2D eigenvalue weighted by Crippen LogP contribution is 2.64. The second-order valence-corrected chi connectivity index (χ2v) is 7.01. The van der Waals surface area contributed by atoms with Gasteiger partial charge in [-0.1, -0.05) is 24.6 Å². The van der Waals surface area contributed by atoms with Gasteiger partial charge in [0.05, 0.1) is 6.61 Å². The molecule has 1 unspecified atom stereocenters. The molecule has 0 spiro atoms. The van der Waals surface area contributed by atoms with Crippen LogP contribution in [0.3, 0.4) is 0 Å². The normalized spacial score (nSPS) is 37.5. The fourth-order valence-electron chi connectivity index (χ4n) is 3.66. The van der Waals surface area contributed by atoms with Crippen molar-refractivity contribution in [3.05, 3.63) is 29.8 Å². The van der Waals surface area contributed by atoms with Crippen molar-refractivity contribution in [3.8, 4) is 5.75 Å². The smallest absolute Gasteiger partial charge is 0.284 e. The van der Waals surface area contributed by atoms with Gasteiger partial charge in [0.1, 0.15) is 5.75 Å². The van der Waals surface area contributed by atoms with Crippen LogP contribution in [0, 0.1) is 17.8 Å². The van der Waals surface area contributed by atoms with Crippen LogP contribution in [0.1, 0.15) is 38.2 Å². The van der Waals surface area contributed by atoms with Gasteiger partial charge in [0.15, 0.2) is 6.17 Å². The summed E-state index contributed by atoms with van der Waals surface area (Å²) >= 11 is 0. The van der Waals surface area contributed by atoms with Crippen molar-refractivity contribution in [1.82, 2.24) is 0 Å². The highest BCUT2D eigenvalue weighted by molar-refractivity contribution is 5.26. The monoisotopic (exact) mass is 298 g/mol. The summed E-state index contributed by atoms with van der Waals surface area (Å²) in [4.78, 5) is 0. The average Bonchev–Trinajstić information content (AvgIpc) is 2.46. The molecule has 1 aromatic carbocycles. The Labute approximate surface area is 123 Å². The van der Waals surface area contributed by atoms with E-state index in [1.54, 1.807) is 12.1 Å². The lowest BCUT2D eigenvalue weighted by Gasteiger charge is -2.57. The summed E-state index contributed by atoms with van der Waals surface area (Å²) in [6.45, 7) is 3.51. The SMILES string of the molecule is Cc1ccc(OCC23CCC(C)(CC2)C(F)(F)C3F)cc1. The van der Waals surface area contributed by atoms with Crippen molar-refractivity contribution in [3.63, 3.8) is 0 Å². The van der Waals surface area contributed by atoms with Crippen molar-refractivity contribution in [1.29, 1.82) is 0 Å². The zero-order valence-corrected chi connectivity index (χ0v) is 12.5. The predicted octanol–water partition coefficient (Wildman–Crippen LogP) is 4.93. The first-order valence-electron chi connectivity index (χ1n) is 7.51. The Hall–Kier alpha value is -1.19. The van der Waals surface area contributed by atoms with Gasteiger partial charge in [-0.25, -0.2) is 13.2 Å². The summed E-state index contributed by atoms with van der Waals surface area (Å²) in [6, 6.07) is 7.39. The third-order valence-electron chi connectivity index (χ3n) is 5.56. The molecule has 2 bridgehead atoms. The lowest BCUT2D eigenvalue weighted by atomic mass is 9.52. The summed E-state index contributed by atoms with van der Waals surface area (Å²) in [5, 5.41) is 0. The minimum atomic E-state index is -3.25. The van der Waals surface area contributed by atoms with E-state index in [4.69, 9.17) is 4.74 Å². The Bertz CT molecular complexity index is 515. The Morgan fingerprint density at radius 2 is 1.67 bits per heavy atom. The van der Waals surface area contributed by atoms with Crippen molar-refractivity contribution >= 4 is 0 Å². The number of fused-ring (bicyclic) bond motifs is 3. The Balaban J connectivity index is 1.77. The highest BCUT2D eigenvalue weighted by Gasteiger charge is 2.70. The van der Waals surface area contributed by atoms with Crippen LogP contribution in [0.5, 0.6) is 5.75 Å². The van der Waals surface area contributed by atoms with Crippen LogP contribution in [0.15, 0.2) is 24.3 Å². The highest BCUT2D eigenvalue weighted by atomic mass is 19.3. The largest absolute Gasteiger partial charge is 0.493 e. The Kier molecular flexibility index (Phi) is 3.26. The zero-order chi connectivity index (χ0) is 15.3. The summed E-state index contributed by atoms with van der Waals surface area (Å²) in [6.07, 6.45) is -0.406. The van der Waals surface area contributed by atoms with Crippen LogP contribution < -0.4 is 4.74 Å². The van der Waals surface area contributed by atoms with Gasteiger partial charge < -0.3 is 4.74 Å². The molecule has 0 N–H and O–H groups in total. The average molecular weight is 298 g/mol. The van der Waals surface area contributed by atoms with E-state index in [0.717, 1.165) is 5.56 Å². The number of halogens is 3. The molecule has 3 aliphatic rings. The van der Waals surface area contributed by atoms with Gasteiger partial charge in [-0.2, -0.15) is 0 Å². The topological polar surface area (TPSA) is 9.23 Å². The first-order valence-corrected chi connectivity index (χ1v) is 7.51. The molecule has 4 rings (SSSR count). The summed E-state index contributed by atoms with van der Waals surface area (Å²) in [5.41, 5.74) is -1.12. The first-order chi connectivity index (χ1) is 9.79. The number of hydrogen-bond donors (Lipinski definition) is 0. The second-order valence-electron chi connectivity index (χ2n) is 7.01. The van der Waals surface area contributed by atoms with Gasteiger partial charge >= 0.3 is 0 Å². The molecule has 1 nitrogen and oxygen atoms in total. The summed E-state index contributed by atoms with van der Waals surface area (Å²) in [7, 11) is 0. The zero-order valence-electron chi connectivity index (χ0n) is 12.5. The fraction of sp³-hybridized carbons (Fsp3) is 0.647. The summed E-state index contributed by atoms with van der Waals surface area (Å²) < 4.78 is 48.7. The molecule has 0 aliphatic heterocycles. The summed E-state index contributed by atoms with van der Waals surface area (Å²) in [5.74, 6) is -2.63. The molecule has 1 aromatic rings. The van der Waals surface area contributed by atoms with E-state index in [-0.39, 0.29) is 6.61 Å². The molecular weight excluding hydrogens is 277 g/mol. The Morgan fingerprint density at radius 1 is 1.10 bits per heavy atom. The van der Waals surface area contributed by atoms with Gasteiger partial charge in [-0.15, -0.1) is 0 Å². The van der Waals surface area contributed by atoms with Gasteiger partial charge in [0.25, 0.3) is 5.92 Å². The van der Waals surface area contributed by atoms with Gasteiger partial charge in [0.2, 0.25) is 0 Å². The van der Waals surface area contributed by atoms with Crippen LogP contribution >= 0.6 is 0 Å². The maximum absolute atomic E-state index is 14.5. The number of aryl methyl sites for hydroxylation is 1. The van der Waals surface area contributed by atoms with E-state index in [1.807, 2.05) is 19.1 Å². The molecule has 3 fully saturated rings. The molecule has 0 heterocycles. The number of hydrogen-bond acceptors (Lipinski definition) is 1. The lowest BCUT2D eigenvalue weighted by Crippen LogP contribution is -2.64. The van der Waals surface area contributed by atoms with Crippen LogP contribution in [0.25, 0.3) is 0 Å². The van der Waals surface area contributed by atoms with E-state index in [9.17, 15) is 13.2 Å². The minimum absolute atomic E-state index is 0.0307. The molecule has 21 heavy (non-hydrogen) atoms. The molecule has 4 heteroatoms. The molecule has 3 aliphatic carbocycles. The molecule has 0 radical (unpaired) electrons. The molecule has 1 atom stereocenters. The number of rotatable bonds is 3. The van der Waals surface area contributed by atoms with Crippen molar-refractivity contribution in [2.45, 2.75) is 51.6 Å². The van der Waals surface area contributed by atoms with E-state index < -0.39 is 22.9 Å². The molecular formula is C17H21F3O. The maximum Gasteiger partial charge on any atom is 0.284 e. The van der Waals surface area contributed by atoms with Crippen LogP contribution in [-0.4, -0.2) is 18.7 Å². The van der Waals surface area contributed by atoms with E-state index in [2.05, 4.69) is 0 Å². The number of benzene rings is 1. The predicted molar refractivity (Wildman–Crippen MR) is 75.5 cm³/mol. The van der Waals surface area contributed by atoms with E-state index in [1.165, 1.54) is 6.92 Å². The standard InChI is InChI=1S/C17H21F3O/c1-12-3-5-13(6-4-12)21-11-16-9-7-15(2,8-10-16)17(19,20)14(16)18/h3-6,14H,7-11H2,1-2H3. The number of alkyl halides is 3. The van der Waals surface area contributed by atoms with E-state index >= 15 is 0 Å². The Morgan fingerprint density at radius 3 is 2.24 bits per heavy atom. The molecule has 3 saturated carbocycles. The van der Waals surface area contributed by atoms with Gasteiger partial charge in [0, 0.05) is 10.8 Å². The first kappa shape index (κ1) is 14.7. The maximum atomic E-state index is 14.5. The van der Waals surface area contributed by atoms with Crippen LogP contribution in [0.2, 0.25) is 0 Å². The van der Waals surface area contributed by atoms with Crippen molar-refractivity contribution in [2.75, 3.05) is 6.61 Å². The lowest BCUT2D eigenvalue weighted by molar-refractivity contribution is -0.267. The number of ether oxygens (including phenoxy) is 1. The second kappa shape index (κ2) is 4.65. The third-order valence-corrected chi connectivity index (χ3v) is 5.56. The molecule has 116 valence electrons. The molecule has 0 saturated heterocycles.